The molecule has 1 aliphatic carbocycles. The van der Waals surface area contributed by atoms with Crippen molar-refractivity contribution in [2.75, 3.05) is 6.54 Å². The molecule has 0 saturated heterocycles. The topological polar surface area (TPSA) is 121 Å². The number of rotatable bonds is 4. The summed E-state index contributed by atoms with van der Waals surface area (Å²) in [5.41, 5.74) is 0.192. The lowest BCUT2D eigenvalue weighted by Gasteiger charge is -2.13. The van der Waals surface area contributed by atoms with Crippen molar-refractivity contribution in [3.63, 3.8) is 0 Å². The van der Waals surface area contributed by atoms with Crippen molar-refractivity contribution in [3.8, 4) is 0 Å². The average Bonchev–Trinajstić information content (AvgIpc) is 3.09. The minimum atomic E-state index is -3.92. The van der Waals surface area contributed by atoms with Gasteiger partial charge in [-0.25, -0.2) is 12.7 Å². The molecule has 9 heteroatoms. The molecule has 2 atom stereocenters. The highest BCUT2D eigenvalue weighted by atomic mass is 32.2. The summed E-state index contributed by atoms with van der Waals surface area (Å²) in [5, 5.41) is 11.7. The monoisotopic (exact) mass is 366 g/mol. The highest BCUT2D eigenvalue weighted by Crippen LogP contribution is 2.31. The first-order chi connectivity index (χ1) is 11.8. The molecule has 3 rings (SSSR count). The summed E-state index contributed by atoms with van der Waals surface area (Å²) < 4.78 is 25.5. The van der Waals surface area contributed by atoms with E-state index in [1.165, 1.54) is 18.2 Å². The maximum Gasteiger partial charge on any atom is 0.306 e. The van der Waals surface area contributed by atoms with Crippen molar-refractivity contribution < 1.29 is 27.9 Å². The SMILES string of the molecule is CCN1C(=O)c2ccc(C(=O)N[C@H]3CC[C@@H](C(=O)O)C3)cc2S1(=O)=O. The summed E-state index contributed by atoms with van der Waals surface area (Å²) in [4.78, 5) is 35.3. The van der Waals surface area contributed by atoms with E-state index in [4.69, 9.17) is 5.11 Å². The number of sulfonamides is 1. The summed E-state index contributed by atoms with van der Waals surface area (Å²) in [6, 6.07) is 3.70. The van der Waals surface area contributed by atoms with Crippen LogP contribution in [0.4, 0.5) is 0 Å². The van der Waals surface area contributed by atoms with E-state index in [1.807, 2.05) is 0 Å². The van der Waals surface area contributed by atoms with Crippen LogP contribution in [0.2, 0.25) is 0 Å². The number of hydrogen-bond donors (Lipinski definition) is 2. The van der Waals surface area contributed by atoms with E-state index in [2.05, 4.69) is 5.32 Å². The molecular weight excluding hydrogens is 348 g/mol. The van der Waals surface area contributed by atoms with Crippen LogP contribution in [0.3, 0.4) is 0 Å². The van der Waals surface area contributed by atoms with E-state index in [1.54, 1.807) is 6.92 Å². The molecule has 1 saturated carbocycles. The Kier molecular flexibility index (Phi) is 4.28. The van der Waals surface area contributed by atoms with Gasteiger partial charge in [0, 0.05) is 18.2 Å². The Morgan fingerprint density at radius 3 is 2.64 bits per heavy atom. The van der Waals surface area contributed by atoms with Gasteiger partial charge in [0.1, 0.15) is 4.90 Å². The maximum atomic E-state index is 12.4. The highest BCUT2D eigenvalue weighted by molar-refractivity contribution is 7.90. The smallest absolute Gasteiger partial charge is 0.306 e. The second-order valence-corrected chi connectivity index (χ2v) is 8.04. The quantitative estimate of drug-likeness (QED) is 0.814. The third-order valence-electron chi connectivity index (χ3n) is 4.67. The van der Waals surface area contributed by atoms with Crippen molar-refractivity contribution in [3.05, 3.63) is 29.3 Å². The van der Waals surface area contributed by atoms with Gasteiger partial charge in [-0.05, 0) is 44.4 Å². The van der Waals surface area contributed by atoms with Gasteiger partial charge >= 0.3 is 5.97 Å². The van der Waals surface area contributed by atoms with E-state index < -0.39 is 33.7 Å². The molecule has 1 heterocycles. The molecule has 1 aliphatic heterocycles. The van der Waals surface area contributed by atoms with Gasteiger partial charge in [0.25, 0.3) is 21.8 Å². The van der Waals surface area contributed by atoms with Crippen LogP contribution in [0.25, 0.3) is 0 Å². The normalized spacial score (nSPS) is 24.2. The van der Waals surface area contributed by atoms with Crippen LogP contribution in [0, 0.1) is 5.92 Å². The van der Waals surface area contributed by atoms with Crippen LogP contribution in [0.5, 0.6) is 0 Å². The maximum absolute atomic E-state index is 12.4. The van der Waals surface area contributed by atoms with Crippen LogP contribution in [-0.4, -0.2) is 48.2 Å². The molecule has 2 N–H and O–H groups in total. The van der Waals surface area contributed by atoms with Gasteiger partial charge in [-0.2, -0.15) is 0 Å². The molecule has 0 radical (unpaired) electrons. The van der Waals surface area contributed by atoms with Crippen molar-refractivity contribution in [2.24, 2.45) is 5.92 Å². The van der Waals surface area contributed by atoms with Gasteiger partial charge in [-0.3, -0.25) is 14.4 Å². The molecule has 0 spiro atoms. The molecule has 2 aliphatic rings. The van der Waals surface area contributed by atoms with Crippen molar-refractivity contribution in [1.82, 2.24) is 9.62 Å². The Labute approximate surface area is 144 Å². The first kappa shape index (κ1) is 17.4. The minimum absolute atomic E-state index is 0.0238. The van der Waals surface area contributed by atoms with E-state index >= 15 is 0 Å². The Morgan fingerprint density at radius 2 is 2.04 bits per heavy atom. The number of carbonyl (C=O) groups is 3. The number of carbonyl (C=O) groups excluding carboxylic acids is 2. The second kappa shape index (κ2) is 6.14. The third-order valence-corrected chi connectivity index (χ3v) is 6.57. The van der Waals surface area contributed by atoms with E-state index in [0.29, 0.717) is 19.3 Å². The summed E-state index contributed by atoms with van der Waals surface area (Å²) in [7, 11) is -3.92. The number of carboxylic acid groups (broad SMARTS) is 1. The average molecular weight is 366 g/mol. The fourth-order valence-electron chi connectivity index (χ4n) is 3.34. The number of amides is 2. The molecule has 134 valence electrons. The molecule has 25 heavy (non-hydrogen) atoms. The van der Waals surface area contributed by atoms with Gasteiger partial charge in [0.05, 0.1) is 11.5 Å². The number of nitrogens with zero attached hydrogens (tertiary/aromatic N) is 1. The van der Waals surface area contributed by atoms with E-state index in [-0.39, 0.29) is 28.6 Å². The van der Waals surface area contributed by atoms with Gasteiger partial charge in [-0.1, -0.05) is 0 Å². The lowest BCUT2D eigenvalue weighted by Crippen LogP contribution is -2.33. The van der Waals surface area contributed by atoms with Gasteiger partial charge in [0.15, 0.2) is 0 Å². The molecule has 2 amide bonds. The first-order valence-corrected chi connectivity index (χ1v) is 9.44. The van der Waals surface area contributed by atoms with Crippen LogP contribution in [0.1, 0.15) is 46.9 Å². The number of benzene rings is 1. The first-order valence-electron chi connectivity index (χ1n) is 8.00. The molecule has 1 aromatic rings. The van der Waals surface area contributed by atoms with Gasteiger partial charge in [-0.15, -0.1) is 0 Å². The van der Waals surface area contributed by atoms with Gasteiger partial charge < -0.3 is 10.4 Å². The molecule has 0 bridgehead atoms. The Morgan fingerprint density at radius 1 is 1.32 bits per heavy atom. The van der Waals surface area contributed by atoms with Gasteiger partial charge in [0.2, 0.25) is 0 Å². The number of carboxylic acids is 1. The zero-order valence-electron chi connectivity index (χ0n) is 13.6. The lowest BCUT2D eigenvalue weighted by atomic mass is 10.1. The zero-order valence-corrected chi connectivity index (χ0v) is 14.4. The van der Waals surface area contributed by atoms with Crippen LogP contribution in [0.15, 0.2) is 23.1 Å². The second-order valence-electron chi connectivity index (χ2n) is 6.20. The van der Waals surface area contributed by atoms with Crippen LogP contribution in [-0.2, 0) is 14.8 Å². The number of nitrogens with one attached hydrogen (secondary N) is 1. The minimum Gasteiger partial charge on any atom is -0.481 e. The number of fused-ring (bicyclic) bond motifs is 1. The van der Waals surface area contributed by atoms with Crippen molar-refractivity contribution in [2.45, 2.75) is 37.1 Å². The van der Waals surface area contributed by atoms with Crippen LogP contribution < -0.4 is 5.32 Å². The third kappa shape index (κ3) is 2.88. The largest absolute Gasteiger partial charge is 0.481 e. The number of aliphatic carboxylic acids is 1. The lowest BCUT2D eigenvalue weighted by molar-refractivity contribution is -0.141. The predicted molar refractivity (Wildman–Crippen MR) is 86.6 cm³/mol. The van der Waals surface area contributed by atoms with E-state index in [9.17, 15) is 22.8 Å². The fraction of sp³-hybridized carbons (Fsp3) is 0.438. The predicted octanol–water partition coefficient (Wildman–Crippen LogP) is 0.834. The summed E-state index contributed by atoms with van der Waals surface area (Å²) >= 11 is 0. The van der Waals surface area contributed by atoms with Crippen molar-refractivity contribution >= 4 is 27.8 Å². The van der Waals surface area contributed by atoms with E-state index in [0.717, 1.165) is 4.31 Å². The van der Waals surface area contributed by atoms with Crippen molar-refractivity contribution in [1.29, 1.82) is 0 Å². The molecule has 8 nitrogen and oxygen atoms in total. The summed E-state index contributed by atoms with van der Waals surface area (Å²) in [5.74, 6) is -2.42. The molecule has 0 aromatic heterocycles. The Hall–Kier alpha value is -2.42. The van der Waals surface area contributed by atoms with Crippen LogP contribution >= 0.6 is 0 Å². The summed E-state index contributed by atoms with van der Waals surface area (Å²) in [6.45, 7) is 1.59. The molecule has 0 unspecified atom stereocenters. The highest BCUT2D eigenvalue weighted by Gasteiger charge is 2.40. The summed E-state index contributed by atoms with van der Waals surface area (Å²) in [6.07, 6.45) is 1.42. The molecule has 1 fully saturated rings. The Bertz CT molecular complexity index is 863. The number of hydrogen-bond acceptors (Lipinski definition) is 5. The fourth-order valence-corrected chi connectivity index (χ4v) is 4.94. The Balaban J connectivity index is 1.81. The zero-order chi connectivity index (χ0) is 18.4. The molecule has 1 aromatic carbocycles. The standard InChI is InChI=1S/C16H18N2O6S/c1-2-18-15(20)12-6-4-9(8-13(12)25(18,23)24)14(19)17-11-5-3-10(7-11)16(21)22/h4,6,8,10-11H,2-3,5,7H2,1H3,(H,17,19)(H,21,22)/t10-,11+/m1/s1. The molecular formula is C16H18N2O6S.